The molecule has 1 atom stereocenters. The Bertz CT molecular complexity index is 825. The first-order valence-corrected chi connectivity index (χ1v) is 7.96. The van der Waals surface area contributed by atoms with E-state index in [0.29, 0.717) is 5.69 Å². The number of aliphatic hydroxyl groups is 1. The summed E-state index contributed by atoms with van der Waals surface area (Å²) in [5.41, 5.74) is -0.400. The summed E-state index contributed by atoms with van der Waals surface area (Å²) in [4.78, 5) is 24.0. The number of hydrogen-bond acceptors (Lipinski definition) is 3. The van der Waals surface area contributed by atoms with Gasteiger partial charge in [0.2, 0.25) is 0 Å². The Kier molecular flexibility index (Phi) is 6.40. The number of halogens is 3. The van der Waals surface area contributed by atoms with E-state index in [1.165, 1.54) is 30.3 Å². The summed E-state index contributed by atoms with van der Waals surface area (Å²) < 4.78 is 38.2. The summed E-state index contributed by atoms with van der Waals surface area (Å²) in [5, 5.41) is 16.3. The van der Waals surface area contributed by atoms with Crippen LogP contribution in [0.4, 0.5) is 29.3 Å². The van der Waals surface area contributed by atoms with Gasteiger partial charge in [0.25, 0.3) is 5.91 Å². The van der Waals surface area contributed by atoms with Crippen LogP contribution < -0.4 is 16.0 Å². The Labute approximate surface area is 153 Å². The number of alkyl halides is 3. The lowest BCUT2D eigenvalue weighted by Gasteiger charge is -2.13. The zero-order valence-electron chi connectivity index (χ0n) is 14.3. The third-order valence-corrected chi connectivity index (χ3v) is 3.48. The molecule has 0 aliphatic carbocycles. The largest absolute Gasteiger partial charge is 0.416 e. The van der Waals surface area contributed by atoms with Gasteiger partial charge in [-0.05, 0) is 43.3 Å². The van der Waals surface area contributed by atoms with Crippen LogP contribution in [0.1, 0.15) is 22.8 Å². The van der Waals surface area contributed by atoms with Gasteiger partial charge < -0.3 is 21.1 Å². The maximum absolute atomic E-state index is 12.7. The minimum atomic E-state index is -4.51. The highest BCUT2D eigenvalue weighted by atomic mass is 19.4. The summed E-state index contributed by atoms with van der Waals surface area (Å²) in [7, 11) is 0. The van der Waals surface area contributed by atoms with E-state index in [0.717, 1.165) is 12.1 Å². The summed E-state index contributed by atoms with van der Waals surface area (Å²) in [6.07, 6.45) is -4.51. The molecule has 0 aliphatic rings. The SMILES string of the molecule is CC(CO)NC(=O)Nc1cccc(C(=O)Nc2cccc(C(F)(F)F)c2)c1. The van der Waals surface area contributed by atoms with Gasteiger partial charge in [-0.3, -0.25) is 4.79 Å². The van der Waals surface area contributed by atoms with Gasteiger partial charge in [-0.15, -0.1) is 0 Å². The van der Waals surface area contributed by atoms with Crippen molar-refractivity contribution < 1.29 is 27.9 Å². The van der Waals surface area contributed by atoms with Crippen LogP contribution in [0.15, 0.2) is 48.5 Å². The minimum absolute atomic E-state index is 0.00250. The van der Waals surface area contributed by atoms with Crippen molar-refractivity contribution in [3.05, 3.63) is 59.7 Å². The Morgan fingerprint density at radius 3 is 2.30 bits per heavy atom. The molecule has 2 rings (SSSR count). The van der Waals surface area contributed by atoms with Gasteiger partial charge in [0.15, 0.2) is 0 Å². The molecule has 27 heavy (non-hydrogen) atoms. The van der Waals surface area contributed by atoms with Crippen LogP contribution in [-0.2, 0) is 6.18 Å². The molecular weight excluding hydrogens is 363 g/mol. The van der Waals surface area contributed by atoms with E-state index >= 15 is 0 Å². The first-order valence-electron chi connectivity index (χ1n) is 7.96. The normalized spacial score (nSPS) is 12.2. The molecule has 6 nitrogen and oxygen atoms in total. The van der Waals surface area contributed by atoms with Crippen LogP contribution in [-0.4, -0.2) is 29.7 Å². The van der Waals surface area contributed by atoms with Crippen molar-refractivity contribution in [1.82, 2.24) is 5.32 Å². The molecule has 144 valence electrons. The van der Waals surface area contributed by atoms with E-state index in [1.54, 1.807) is 13.0 Å². The summed E-state index contributed by atoms with van der Waals surface area (Å²) in [5.74, 6) is -0.623. The first kappa shape index (κ1) is 20.2. The fourth-order valence-electron chi connectivity index (χ4n) is 2.15. The van der Waals surface area contributed by atoms with Crippen molar-refractivity contribution in [2.24, 2.45) is 0 Å². The van der Waals surface area contributed by atoms with E-state index in [9.17, 15) is 22.8 Å². The Balaban J connectivity index is 2.08. The van der Waals surface area contributed by atoms with Gasteiger partial charge >= 0.3 is 12.2 Å². The second kappa shape index (κ2) is 8.54. The number of anilines is 2. The van der Waals surface area contributed by atoms with Gasteiger partial charge in [0.05, 0.1) is 18.2 Å². The fraction of sp³-hybridized carbons (Fsp3) is 0.222. The molecule has 0 aliphatic heterocycles. The number of hydrogen-bond donors (Lipinski definition) is 4. The van der Waals surface area contributed by atoms with Crippen LogP contribution in [0.2, 0.25) is 0 Å². The fourth-order valence-corrected chi connectivity index (χ4v) is 2.15. The van der Waals surface area contributed by atoms with Crippen LogP contribution in [0, 0.1) is 0 Å². The molecule has 0 saturated heterocycles. The number of amides is 3. The number of aliphatic hydroxyl groups excluding tert-OH is 1. The van der Waals surface area contributed by atoms with E-state index in [2.05, 4.69) is 16.0 Å². The number of urea groups is 1. The van der Waals surface area contributed by atoms with E-state index in [4.69, 9.17) is 5.11 Å². The second-order valence-corrected chi connectivity index (χ2v) is 5.80. The summed E-state index contributed by atoms with van der Waals surface area (Å²) in [6.45, 7) is 1.38. The van der Waals surface area contributed by atoms with Crippen LogP contribution >= 0.6 is 0 Å². The maximum Gasteiger partial charge on any atom is 0.416 e. The number of carbonyl (C=O) groups excluding carboxylic acids is 2. The molecule has 3 amide bonds. The van der Waals surface area contributed by atoms with E-state index < -0.39 is 29.7 Å². The monoisotopic (exact) mass is 381 g/mol. The molecule has 4 N–H and O–H groups in total. The summed E-state index contributed by atoms with van der Waals surface area (Å²) in [6, 6.07) is 9.19. The molecule has 0 radical (unpaired) electrons. The van der Waals surface area contributed by atoms with Crippen molar-refractivity contribution in [3.63, 3.8) is 0 Å². The zero-order valence-corrected chi connectivity index (χ0v) is 14.3. The lowest BCUT2D eigenvalue weighted by molar-refractivity contribution is -0.137. The molecule has 0 spiro atoms. The predicted molar refractivity (Wildman–Crippen MR) is 94.5 cm³/mol. The van der Waals surface area contributed by atoms with Crippen molar-refractivity contribution in [2.75, 3.05) is 17.2 Å². The highest BCUT2D eigenvalue weighted by Gasteiger charge is 2.30. The molecule has 0 aromatic heterocycles. The third kappa shape index (κ3) is 6.00. The van der Waals surface area contributed by atoms with Gasteiger partial charge in [-0.1, -0.05) is 12.1 Å². The van der Waals surface area contributed by atoms with Crippen LogP contribution in [0.5, 0.6) is 0 Å². The Hall–Kier alpha value is -3.07. The Morgan fingerprint density at radius 1 is 1.04 bits per heavy atom. The topological polar surface area (TPSA) is 90.5 Å². The molecule has 2 aromatic carbocycles. The maximum atomic E-state index is 12.7. The van der Waals surface area contributed by atoms with Crippen LogP contribution in [0.25, 0.3) is 0 Å². The average molecular weight is 381 g/mol. The molecule has 0 fully saturated rings. The number of benzene rings is 2. The van der Waals surface area contributed by atoms with Gasteiger partial charge in [0, 0.05) is 16.9 Å². The molecule has 0 bridgehead atoms. The quantitative estimate of drug-likeness (QED) is 0.639. The molecule has 0 saturated carbocycles. The smallest absolute Gasteiger partial charge is 0.394 e. The number of carbonyl (C=O) groups is 2. The van der Waals surface area contributed by atoms with Gasteiger partial charge in [-0.25, -0.2) is 4.79 Å². The van der Waals surface area contributed by atoms with Crippen LogP contribution in [0.3, 0.4) is 0 Å². The number of rotatable bonds is 5. The average Bonchev–Trinajstić information content (AvgIpc) is 2.61. The van der Waals surface area contributed by atoms with E-state index in [-0.39, 0.29) is 17.9 Å². The van der Waals surface area contributed by atoms with Crippen molar-refractivity contribution in [2.45, 2.75) is 19.1 Å². The lowest BCUT2D eigenvalue weighted by Crippen LogP contribution is -2.38. The molecule has 2 aromatic rings. The van der Waals surface area contributed by atoms with Crippen molar-refractivity contribution in [1.29, 1.82) is 0 Å². The molecule has 1 unspecified atom stereocenters. The van der Waals surface area contributed by atoms with Gasteiger partial charge in [0.1, 0.15) is 0 Å². The third-order valence-electron chi connectivity index (χ3n) is 3.48. The van der Waals surface area contributed by atoms with Crippen molar-refractivity contribution >= 4 is 23.3 Å². The molecule has 0 heterocycles. The molecule has 9 heteroatoms. The lowest BCUT2D eigenvalue weighted by atomic mass is 10.1. The predicted octanol–water partition coefficient (Wildman–Crippen LogP) is 3.46. The van der Waals surface area contributed by atoms with E-state index in [1.807, 2.05) is 0 Å². The van der Waals surface area contributed by atoms with Gasteiger partial charge in [-0.2, -0.15) is 13.2 Å². The highest BCUT2D eigenvalue weighted by molar-refractivity contribution is 6.05. The Morgan fingerprint density at radius 2 is 1.67 bits per heavy atom. The standard InChI is InChI=1S/C18H18F3N3O3/c1-11(10-25)22-17(27)24-14-6-2-4-12(8-14)16(26)23-15-7-3-5-13(9-15)18(19,20)21/h2-9,11,25H,10H2,1H3,(H,23,26)(H2,22,24,27). The summed E-state index contributed by atoms with van der Waals surface area (Å²) >= 11 is 0. The first-order chi connectivity index (χ1) is 12.7. The number of nitrogens with one attached hydrogen (secondary N) is 3. The highest BCUT2D eigenvalue weighted by Crippen LogP contribution is 2.30. The van der Waals surface area contributed by atoms with Crippen molar-refractivity contribution in [3.8, 4) is 0 Å². The molecular formula is C18H18F3N3O3. The second-order valence-electron chi connectivity index (χ2n) is 5.80. The minimum Gasteiger partial charge on any atom is -0.394 e. The zero-order chi connectivity index (χ0) is 20.0.